The summed E-state index contributed by atoms with van der Waals surface area (Å²) in [7, 11) is 7.22. The minimum atomic E-state index is -1.000. The molecule has 0 aliphatic carbocycles. The molecule has 456 valence electrons. The third-order valence-electron chi connectivity index (χ3n) is 14.8. The fourth-order valence-corrected chi connectivity index (χ4v) is 11.6. The maximum absolute atomic E-state index is 14.0. The van der Waals surface area contributed by atoms with Crippen molar-refractivity contribution in [2.24, 2.45) is 23.7 Å². The molecule has 9 atom stereocenters. The van der Waals surface area contributed by atoms with E-state index < -0.39 is 65.0 Å². The van der Waals surface area contributed by atoms with Crippen LogP contribution in [0.3, 0.4) is 0 Å². The van der Waals surface area contributed by atoms with Crippen LogP contribution in [0.25, 0.3) is 0 Å². The van der Waals surface area contributed by atoms with Gasteiger partial charge in [-0.3, -0.25) is 48.6 Å². The number of ether oxygens (including phenoxy) is 2. The number of methoxy groups -OCH3 is 1. The van der Waals surface area contributed by atoms with E-state index in [2.05, 4.69) is 31.6 Å². The number of hydrogen-bond acceptors (Lipinski definition) is 16. The number of pyridine rings is 1. The third kappa shape index (κ3) is 21.1. The molecule has 1 saturated heterocycles. The molecule has 1 aliphatic rings. The first kappa shape index (κ1) is 68.7. The van der Waals surface area contributed by atoms with E-state index in [1.165, 1.54) is 52.8 Å². The van der Waals surface area contributed by atoms with Crippen LogP contribution in [0.4, 0.5) is 16.2 Å². The first-order valence-electron chi connectivity index (χ1n) is 28.0. The maximum Gasteiger partial charge on any atom is 0.410 e. The van der Waals surface area contributed by atoms with Gasteiger partial charge in [0.15, 0.2) is 0 Å². The Balaban J connectivity index is 1.21. The monoisotopic (exact) mass is 1190 g/mol. The van der Waals surface area contributed by atoms with Crippen LogP contribution in [0.5, 0.6) is 0 Å². The van der Waals surface area contributed by atoms with Crippen molar-refractivity contribution in [2.75, 3.05) is 51.9 Å². The van der Waals surface area contributed by atoms with Gasteiger partial charge in [0.2, 0.25) is 41.4 Å². The molecule has 23 nitrogen and oxygen atoms in total. The van der Waals surface area contributed by atoms with Gasteiger partial charge in [-0.1, -0.05) is 108 Å². The lowest BCUT2D eigenvalue weighted by molar-refractivity contribution is -0.385. The van der Waals surface area contributed by atoms with Gasteiger partial charge >= 0.3 is 6.09 Å². The molecule has 8 amide bonds. The standard InChI is InChI=1S/C58H84N10O13S2/c1-12-37(6)44(25-27-49(71)67-29-16-19-45(67)54(80-11)38(7)55(74)62-39(8)53(73)41-17-14-13-15-18-41)65(9)50(72)33-61-57(76)52(36(4)5)66(10)58(77)81-34-40-20-22-42(23-21-40)63-47(70)32-60-56(75)51(35(2)3)64-46(69)28-30-82-83-48-26-24-43(31-59-48)68(78)79/h13-15,17-18,20-24,26,31,35-39,44-45,51-54,73H,12,16,19,25,27-30,32-34H2,1-11H3,(H,60,75)(H,61,76)(H,62,74)(H,63,70)(H,64,69)/t37-,38+,39+,44+,45-,51?,52?,53+,54+/m0/s1. The molecular formula is C58H84N10O13S2. The van der Waals surface area contributed by atoms with Gasteiger partial charge in [0.1, 0.15) is 29.9 Å². The Bertz CT molecular complexity index is 2640. The van der Waals surface area contributed by atoms with E-state index in [4.69, 9.17) is 9.47 Å². The van der Waals surface area contributed by atoms with Gasteiger partial charge in [-0.05, 0) is 84.1 Å². The summed E-state index contributed by atoms with van der Waals surface area (Å²) < 4.78 is 11.5. The number of nitrogens with zero attached hydrogens (tertiary/aromatic N) is 5. The van der Waals surface area contributed by atoms with Gasteiger partial charge in [-0.15, -0.1) is 0 Å². The highest BCUT2D eigenvalue weighted by Gasteiger charge is 2.41. The van der Waals surface area contributed by atoms with Crippen LogP contribution in [0.15, 0.2) is 78.0 Å². The number of carbonyl (C=O) groups is 8. The zero-order valence-electron chi connectivity index (χ0n) is 49.5. The molecule has 4 rings (SSSR count). The average Bonchev–Trinajstić information content (AvgIpc) is 4.24. The molecule has 3 aromatic rings. The summed E-state index contributed by atoms with van der Waals surface area (Å²) in [6.07, 6.45) is 1.56. The van der Waals surface area contributed by atoms with E-state index >= 15 is 0 Å². The van der Waals surface area contributed by atoms with Crippen LogP contribution in [-0.2, 0) is 49.6 Å². The molecule has 0 saturated carbocycles. The highest BCUT2D eigenvalue weighted by molar-refractivity contribution is 8.76. The van der Waals surface area contributed by atoms with Crippen molar-refractivity contribution in [2.45, 2.75) is 148 Å². The molecule has 2 unspecified atom stereocenters. The molecule has 83 heavy (non-hydrogen) atoms. The Morgan fingerprint density at radius 1 is 0.831 bits per heavy atom. The molecule has 0 bridgehead atoms. The lowest BCUT2D eigenvalue weighted by Gasteiger charge is -2.36. The Morgan fingerprint density at radius 2 is 1.51 bits per heavy atom. The van der Waals surface area contributed by atoms with Crippen LogP contribution in [0.1, 0.15) is 111 Å². The topological polar surface area (TPSA) is 301 Å². The number of likely N-dealkylation sites (N-methyl/N-ethyl adjacent to an activating group) is 2. The highest BCUT2D eigenvalue weighted by atomic mass is 33.1. The summed E-state index contributed by atoms with van der Waals surface area (Å²) in [6, 6.07) is 15.2. The van der Waals surface area contributed by atoms with Crippen LogP contribution >= 0.6 is 21.6 Å². The van der Waals surface area contributed by atoms with Crippen molar-refractivity contribution in [3.63, 3.8) is 0 Å². The van der Waals surface area contributed by atoms with Crippen molar-refractivity contribution < 1.29 is 57.9 Å². The lowest BCUT2D eigenvalue weighted by atomic mass is 9.92. The fourth-order valence-electron chi connectivity index (χ4n) is 9.78. The molecule has 1 aliphatic heterocycles. The third-order valence-corrected chi connectivity index (χ3v) is 17.1. The largest absolute Gasteiger partial charge is 0.445 e. The van der Waals surface area contributed by atoms with E-state index in [1.54, 1.807) is 94.8 Å². The summed E-state index contributed by atoms with van der Waals surface area (Å²) in [5.74, 6) is -3.69. The van der Waals surface area contributed by atoms with Gasteiger partial charge in [0.05, 0.1) is 48.2 Å². The van der Waals surface area contributed by atoms with E-state index in [1.807, 2.05) is 32.0 Å². The first-order chi connectivity index (χ1) is 39.4. The predicted molar refractivity (Wildman–Crippen MR) is 317 cm³/mol. The Morgan fingerprint density at radius 3 is 2.11 bits per heavy atom. The number of amides is 8. The van der Waals surface area contributed by atoms with E-state index in [0.717, 1.165) is 19.0 Å². The second-order valence-corrected chi connectivity index (χ2v) is 24.0. The maximum atomic E-state index is 14.0. The fraction of sp³-hybridized carbons (Fsp3) is 0.569. The second kappa shape index (κ2) is 34.1. The molecule has 6 N–H and O–H groups in total. The first-order valence-corrected chi connectivity index (χ1v) is 30.3. The number of anilines is 1. The molecule has 25 heteroatoms. The number of nitrogens with one attached hydrogen (secondary N) is 5. The summed E-state index contributed by atoms with van der Waals surface area (Å²) in [5, 5.41) is 35.9. The number of aliphatic hydroxyl groups excluding tert-OH is 1. The number of benzene rings is 2. The Kier molecular flexibility index (Phi) is 28.2. The molecule has 1 fully saturated rings. The summed E-state index contributed by atoms with van der Waals surface area (Å²) in [5.41, 5.74) is 1.54. The molecule has 2 aromatic carbocycles. The van der Waals surface area contributed by atoms with Crippen molar-refractivity contribution in [1.82, 2.24) is 41.0 Å². The van der Waals surface area contributed by atoms with Crippen LogP contribution < -0.4 is 26.6 Å². The van der Waals surface area contributed by atoms with Gasteiger partial charge < -0.3 is 51.0 Å². The summed E-state index contributed by atoms with van der Waals surface area (Å²) in [4.78, 5) is 126. The van der Waals surface area contributed by atoms with Crippen LogP contribution in [-0.4, -0.2) is 160 Å². The number of nitro groups is 1. The number of carbonyl (C=O) groups excluding carboxylic acids is 8. The molecular weight excluding hydrogens is 1110 g/mol. The predicted octanol–water partition coefficient (Wildman–Crippen LogP) is 6.26. The van der Waals surface area contributed by atoms with Crippen LogP contribution in [0, 0.1) is 33.8 Å². The second-order valence-electron chi connectivity index (χ2n) is 21.5. The number of hydrogen-bond donors (Lipinski definition) is 6. The minimum absolute atomic E-state index is 0.00249. The van der Waals surface area contributed by atoms with E-state index in [0.29, 0.717) is 47.0 Å². The van der Waals surface area contributed by atoms with Crippen LogP contribution in [0.2, 0.25) is 0 Å². The van der Waals surface area contributed by atoms with Crippen molar-refractivity contribution in [3.8, 4) is 0 Å². The van der Waals surface area contributed by atoms with E-state index in [9.17, 15) is 53.6 Å². The number of aromatic nitrogens is 1. The van der Waals surface area contributed by atoms with Gasteiger partial charge in [-0.2, -0.15) is 0 Å². The number of aliphatic hydroxyl groups is 1. The summed E-state index contributed by atoms with van der Waals surface area (Å²) in [6.45, 7) is 14.2. The molecule has 0 spiro atoms. The summed E-state index contributed by atoms with van der Waals surface area (Å²) >= 11 is 0. The van der Waals surface area contributed by atoms with E-state index in [-0.39, 0.29) is 91.7 Å². The lowest BCUT2D eigenvalue weighted by Crippen LogP contribution is -2.53. The Hall–Kier alpha value is -6.83. The van der Waals surface area contributed by atoms with Crippen molar-refractivity contribution in [3.05, 3.63) is 94.2 Å². The van der Waals surface area contributed by atoms with Crippen molar-refractivity contribution in [1.29, 1.82) is 0 Å². The molecule has 0 radical (unpaired) electrons. The van der Waals surface area contributed by atoms with Crippen molar-refractivity contribution >= 4 is 80.4 Å². The zero-order valence-corrected chi connectivity index (χ0v) is 51.1. The highest BCUT2D eigenvalue weighted by Crippen LogP contribution is 2.31. The smallest absolute Gasteiger partial charge is 0.410 e. The normalized spacial score (nSPS) is 16.0. The molecule has 2 heterocycles. The average molecular weight is 1190 g/mol. The molecule has 1 aromatic heterocycles. The van der Waals surface area contributed by atoms with Gasteiger partial charge in [-0.25, -0.2) is 9.78 Å². The quantitative estimate of drug-likeness (QED) is 0.0174. The number of likely N-dealkylation sites (tertiary alicyclic amines) is 1. The van der Waals surface area contributed by atoms with Gasteiger partial charge in [0, 0.05) is 64.1 Å². The Labute approximate surface area is 494 Å². The minimum Gasteiger partial charge on any atom is -0.445 e. The van der Waals surface area contributed by atoms with Gasteiger partial charge in [0.25, 0.3) is 5.69 Å². The zero-order chi connectivity index (χ0) is 61.5. The SMILES string of the molecule is CC[C@H](C)[C@@H](CCC(=O)N1CCC[C@H]1[C@H](OC)[C@@H](C)C(=O)N[C@H](C)[C@@H](O)c1ccccc1)N(C)C(=O)CNC(=O)C(C(C)C)N(C)C(=O)OCc1ccc(NC(=O)CNC(=O)C(NC(=O)CCSSc2ccc([N+](=O)[O-])cn2)C(C)C)cc1. The number of rotatable bonds is 32.